The molecule has 0 radical (unpaired) electrons. The molecule has 2 rings (SSSR count). The molecule has 2 heterocycles. The van der Waals surface area contributed by atoms with E-state index in [1.165, 1.54) is 5.56 Å². The lowest BCUT2D eigenvalue weighted by molar-refractivity contribution is -0.138. The van der Waals surface area contributed by atoms with Crippen molar-refractivity contribution in [2.45, 2.75) is 19.9 Å². The third-order valence-corrected chi connectivity index (χ3v) is 3.53. The number of carboxylic acid groups (broad SMARTS) is 1. The zero-order valence-corrected chi connectivity index (χ0v) is 11.4. The third-order valence-electron chi connectivity index (χ3n) is 3.53. The number of pyridine rings is 1. The molecule has 19 heavy (non-hydrogen) atoms. The summed E-state index contributed by atoms with van der Waals surface area (Å²) in [6, 6.07) is 4.03. The lowest BCUT2D eigenvalue weighted by Gasteiger charge is -2.21. The summed E-state index contributed by atoms with van der Waals surface area (Å²) in [5, 5.41) is 8.83. The zero-order valence-electron chi connectivity index (χ0n) is 11.4. The summed E-state index contributed by atoms with van der Waals surface area (Å²) in [6.07, 6.45) is 2.84. The van der Waals surface area contributed by atoms with Crippen LogP contribution in [0.1, 0.15) is 17.7 Å². The first-order chi connectivity index (χ1) is 9.15. The summed E-state index contributed by atoms with van der Waals surface area (Å²) in [6.45, 7) is 6.68. The highest BCUT2D eigenvalue weighted by Gasteiger charge is 2.17. The number of aryl methyl sites for hydroxylation is 1. The van der Waals surface area contributed by atoms with Crippen molar-refractivity contribution in [1.29, 1.82) is 0 Å². The molecule has 104 valence electrons. The molecule has 1 aliphatic rings. The Kier molecular flexibility index (Phi) is 4.87. The second-order valence-electron chi connectivity index (χ2n) is 5.07. The number of hydrogen-bond acceptors (Lipinski definition) is 4. The lowest BCUT2D eigenvalue weighted by Crippen LogP contribution is -2.34. The van der Waals surface area contributed by atoms with Crippen molar-refractivity contribution < 1.29 is 9.90 Å². The number of rotatable bonds is 4. The van der Waals surface area contributed by atoms with E-state index in [2.05, 4.69) is 22.9 Å². The van der Waals surface area contributed by atoms with Crippen LogP contribution < -0.4 is 0 Å². The lowest BCUT2D eigenvalue weighted by atomic mass is 10.2. The minimum atomic E-state index is -0.742. The number of carboxylic acids is 1. The minimum absolute atomic E-state index is 0.149. The van der Waals surface area contributed by atoms with Gasteiger partial charge in [0.1, 0.15) is 0 Å². The molecule has 0 unspecified atom stereocenters. The van der Waals surface area contributed by atoms with Gasteiger partial charge >= 0.3 is 5.97 Å². The van der Waals surface area contributed by atoms with Crippen LogP contribution in [-0.2, 0) is 11.3 Å². The topological polar surface area (TPSA) is 56.7 Å². The maximum atomic E-state index is 10.7. The van der Waals surface area contributed by atoms with Gasteiger partial charge < -0.3 is 5.11 Å². The van der Waals surface area contributed by atoms with Gasteiger partial charge in [0.25, 0.3) is 0 Å². The Morgan fingerprint density at radius 3 is 2.79 bits per heavy atom. The fraction of sp³-hybridized carbons (Fsp3) is 0.571. The maximum Gasteiger partial charge on any atom is 0.317 e. The molecular formula is C14H21N3O2. The van der Waals surface area contributed by atoms with Crippen LogP contribution in [0, 0.1) is 6.92 Å². The van der Waals surface area contributed by atoms with Gasteiger partial charge in [0.05, 0.1) is 12.2 Å². The smallest absolute Gasteiger partial charge is 0.317 e. The van der Waals surface area contributed by atoms with Gasteiger partial charge in [-0.3, -0.25) is 19.6 Å². The van der Waals surface area contributed by atoms with Crippen molar-refractivity contribution in [3.8, 4) is 0 Å². The fourth-order valence-electron chi connectivity index (χ4n) is 2.43. The molecule has 0 atom stereocenters. The molecule has 1 aromatic rings. The average Bonchev–Trinajstić information content (AvgIpc) is 2.57. The van der Waals surface area contributed by atoms with Gasteiger partial charge in [-0.2, -0.15) is 0 Å². The first-order valence-electron chi connectivity index (χ1n) is 6.72. The Morgan fingerprint density at radius 1 is 1.32 bits per heavy atom. The fourth-order valence-corrected chi connectivity index (χ4v) is 2.43. The van der Waals surface area contributed by atoms with E-state index < -0.39 is 5.97 Å². The summed E-state index contributed by atoms with van der Waals surface area (Å²) in [7, 11) is 0. The van der Waals surface area contributed by atoms with Crippen molar-refractivity contribution in [3.63, 3.8) is 0 Å². The highest BCUT2D eigenvalue weighted by Crippen LogP contribution is 2.10. The normalized spacial score (nSPS) is 18.2. The van der Waals surface area contributed by atoms with Crippen LogP contribution in [0.2, 0.25) is 0 Å². The Bertz CT molecular complexity index is 436. The van der Waals surface area contributed by atoms with Crippen molar-refractivity contribution >= 4 is 5.97 Å². The molecular weight excluding hydrogens is 242 g/mol. The number of nitrogens with zero attached hydrogens (tertiary/aromatic N) is 3. The molecule has 5 heteroatoms. The summed E-state index contributed by atoms with van der Waals surface area (Å²) >= 11 is 0. The van der Waals surface area contributed by atoms with Crippen LogP contribution in [0.25, 0.3) is 0 Å². The summed E-state index contributed by atoms with van der Waals surface area (Å²) in [4.78, 5) is 19.5. The molecule has 0 bridgehead atoms. The van der Waals surface area contributed by atoms with Gasteiger partial charge in [-0.15, -0.1) is 0 Å². The summed E-state index contributed by atoms with van der Waals surface area (Å²) in [5.41, 5.74) is 2.34. The van der Waals surface area contributed by atoms with Crippen LogP contribution in [0.4, 0.5) is 0 Å². The number of aromatic nitrogens is 1. The van der Waals surface area contributed by atoms with Crippen LogP contribution in [0.5, 0.6) is 0 Å². The molecule has 1 aliphatic heterocycles. The minimum Gasteiger partial charge on any atom is -0.480 e. The Balaban J connectivity index is 1.89. The van der Waals surface area contributed by atoms with E-state index in [1.807, 2.05) is 17.2 Å². The SMILES string of the molecule is Cc1cccnc1CN1CCCN(CC(=O)O)CC1. The molecule has 1 N–H and O–H groups in total. The molecule has 1 fully saturated rings. The second kappa shape index (κ2) is 6.63. The van der Waals surface area contributed by atoms with Crippen LogP contribution in [0.3, 0.4) is 0 Å². The molecule has 0 amide bonds. The average molecular weight is 263 g/mol. The van der Waals surface area contributed by atoms with E-state index in [-0.39, 0.29) is 6.54 Å². The van der Waals surface area contributed by atoms with Crippen molar-refractivity contribution in [3.05, 3.63) is 29.6 Å². The van der Waals surface area contributed by atoms with Crippen molar-refractivity contribution in [2.24, 2.45) is 0 Å². The van der Waals surface area contributed by atoms with Crippen molar-refractivity contribution in [2.75, 3.05) is 32.7 Å². The standard InChI is InChI=1S/C14H21N3O2/c1-12-4-2-5-15-13(12)10-16-6-3-7-17(9-8-16)11-14(18)19/h2,4-5H,3,6-11H2,1H3,(H,18,19). The highest BCUT2D eigenvalue weighted by atomic mass is 16.4. The molecule has 0 aromatic carbocycles. The molecule has 0 spiro atoms. The van der Waals surface area contributed by atoms with Crippen LogP contribution in [-0.4, -0.2) is 58.6 Å². The van der Waals surface area contributed by atoms with Gasteiger partial charge in [-0.25, -0.2) is 0 Å². The van der Waals surface area contributed by atoms with Gasteiger partial charge in [0, 0.05) is 32.4 Å². The molecule has 0 saturated carbocycles. The van der Waals surface area contributed by atoms with Crippen LogP contribution in [0.15, 0.2) is 18.3 Å². The van der Waals surface area contributed by atoms with E-state index in [0.717, 1.165) is 44.8 Å². The first-order valence-corrected chi connectivity index (χ1v) is 6.72. The quantitative estimate of drug-likeness (QED) is 0.877. The zero-order chi connectivity index (χ0) is 13.7. The Morgan fingerprint density at radius 2 is 2.05 bits per heavy atom. The van der Waals surface area contributed by atoms with Gasteiger partial charge in [0.2, 0.25) is 0 Å². The Labute approximate surface area is 113 Å². The number of aliphatic carboxylic acids is 1. The second-order valence-corrected chi connectivity index (χ2v) is 5.07. The molecule has 1 saturated heterocycles. The van der Waals surface area contributed by atoms with E-state index in [0.29, 0.717) is 0 Å². The van der Waals surface area contributed by atoms with E-state index in [4.69, 9.17) is 5.11 Å². The number of carbonyl (C=O) groups is 1. The van der Waals surface area contributed by atoms with Gasteiger partial charge in [0.15, 0.2) is 0 Å². The van der Waals surface area contributed by atoms with Gasteiger partial charge in [-0.05, 0) is 31.5 Å². The van der Waals surface area contributed by atoms with E-state index >= 15 is 0 Å². The summed E-state index contributed by atoms with van der Waals surface area (Å²) in [5.74, 6) is -0.742. The molecule has 0 aliphatic carbocycles. The molecule has 5 nitrogen and oxygen atoms in total. The van der Waals surface area contributed by atoms with Crippen LogP contribution >= 0.6 is 0 Å². The van der Waals surface area contributed by atoms with Gasteiger partial charge in [-0.1, -0.05) is 6.07 Å². The molecule has 1 aromatic heterocycles. The monoisotopic (exact) mass is 263 g/mol. The Hall–Kier alpha value is -1.46. The van der Waals surface area contributed by atoms with Crippen molar-refractivity contribution in [1.82, 2.24) is 14.8 Å². The largest absolute Gasteiger partial charge is 0.480 e. The van der Waals surface area contributed by atoms with E-state index in [9.17, 15) is 4.79 Å². The van der Waals surface area contributed by atoms with E-state index in [1.54, 1.807) is 0 Å². The predicted octanol–water partition coefficient (Wildman–Crippen LogP) is 0.982. The first kappa shape index (κ1) is 14.0. The highest BCUT2D eigenvalue weighted by molar-refractivity contribution is 5.69. The third kappa shape index (κ3) is 4.29. The number of hydrogen-bond donors (Lipinski definition) is 1. The maximum absolute atomic E-state index is 10.7. The predicted molar refractivity (Wildman–Crippen MR) is 72.9 cm³/mol. The summed E-state index contributed by atoms with van der Waals surface area (Å²) < 4.78 is 0.